The van der Waals surface area contributed by atoms with E-state index in [1.165, 1.54) is 10.4 Å². The number of nitrogens with one attached hydrogen (secondary N) is 1. The van der Waals surface area contributed by atoms with Crippen LogP contribution in [0.25, 0.3) is 10.4 Å². The number of nitrogens with zero attached hydrogens (tertiary/aromatic N) is 3. The Hall–Kier alpha value is -1.27. The van der Waals surface area contributed by atoms with Crippen molar-refractivity contribution in [1.82, 2.24) is 20.3 Å². The van der Waals surface area contributed by atoms with E-state index in [4.69, 9.17) is 0 Å². The molecule has 0 atom stereocenters. The van der Waals surface area contributed by atoms with E-state index < -0.39 is 0 Å². The highest BCUT2D eigenvalue weighted by atomic mass is 32.1. The average Bonchev–Trinajstić information content (AvgIpc) is 2.97. The topological polar surface area (TPSA) is 31.4 Å². The van der Waals surface area contributed by atoms with Gasteiger partial charge in [-0.25, -0.2) is 15.4 Å². The molecular weight excluding hydrogens is 268 g/mol. The summed E-state index contributed by atoms with van der Waals surface area (Å²) in [5.41, 5.74) is 4.72. The maximum atomic E-state index is 4.51. The summed E-state index contributed by atoms with van der Waals surface area (Å²) >= 11 is 1.76. The largest absolute Gasteiger partial charge is 0.304 e. The molecule has 0 spiro atoms. The van der Waals surface area contributed by atoms with E-state index in [2.05, 4.69) is 51.6 Å². The van der Waals surface area contributed by atoms with E-state index in [0.29, 0.717) is 0 Å². The van der Waals surface area contributed by atoms with Gasteiger partial charge in [0.25, 0.3) is 0 Å². The maximum absolute atomic E-state index is 4.51. The summed E-state index contributed by atoms with van der Waals surface area (Å²) in [6.45, 7) is 5.22. The second-order valence-electron chi connectivity index (χ2n) is 5.11. The van der Waals surface area contributed by atoms with Gasteiger partial charge in [0.2, 0.25) is 0 Å². The Labute approximate surface area is 124 Å². The molecule has 0 aliphatic carbocycles. The Balaban J connectivity index is 1.55. The van der Waals surface area contributed by atoms with Gasteiger partial charge in [0.15, 0.2) is 0 Å². The molecule has 1 aromatic carbocycles. The SMILES string of the molecule is CN1CCN(NCc2ncc(-c3ccccc3)s2)CC1. The van der Waals surface area contributed by atoms with Crippen molar-refractivity contribution >= 4 is 11.3 Å². The van der Waals surface area contributed by atoms with Crippen molar-refractivity contribution in [1.29, 1.82) is 0 Å². The van der Waals surface area contributed by atoms with Crippen LogP contribution in [0.5, 0.6) is 0 Å². The Morgan fingerprint density at radius 2 is 1.90 bits per heavy atom. The number of benzene rings is 1. The molecule has 1 aliphatic heterocycles. The first-order valence-corrected chi connectivity index (χ1v) is 7.80. The Kier molecular flexibility index (Phi) is 4.42. The van der Waals surface area contributed by atoms with E-state index in [-0.39, 0.29) is 0 Å². The molecule has 4 nitrogen and oxygen atoms in total. The number of rotatable bonds is 4. The molecule has 1 aromatic heterocycles. The van der Waals surface area contributed by atoms with Gasteiger partial charge in [0.05, 0.1) is 11.4 Å². The summed E-state index contributed by atoms with van der Waals surface area (Å²) < 4.78 is 0. The lowest BCUT2D eigenvalue weighted by molar-refractivity contribution is 0.102. The molecule has 0 unspecified atom stereocenters. The van der Waals surface area contributed by atoms with Crippen LogP contribution in [-0.4, -0.2) is 48.1 Å². The van der Waals surface area contributed by atoms with Crippen molar-refractivity contribution < 1.29 is 0 Å². The minimum absolute atomic E-state index is 0.821. The van der Waals surface area contributed by atoms with Gasteiger partial charge in [-0.3, -0.25) is 0 Å². The highest BCUT2D eigenvalue weighted by Gasteiger charge is 2.13. The predicted molar refractivity (Wildman–Crippen MR) is 83.5 cm³/mol. The molecule has 1 fully saturated rings. The zero-order valence-corrected chi connectivity index (χ0v) is 12.6. The third-order valence-electron chi connectivity index (χ3n) is 3.57. The van der Waals surface area contributed by atoms with E-state index >= 15 is 0 Å². The Bertz CT molecular complexity index is 532. The van der Waals surface area contributed by atoms with Crippen LogP contribution in [0.15, 0.2) is 36.5 Å². The number of hydrogen-bond acceptors (Lipinski definition) is 5. The highest BCUT2D eigenvalue weighted by molar-refractivity contribution is 7.15. The van der Waals surface area contributed by atoms with Crippen LogP contribution in [0.4, 0.5) is 0 Å². The molecule has 1 N–H and O–H groups in total. The normalized spacial score (nSPS) is 17.4. The summed E-state index contributed by atoms with van der Waals surface area (Å²) in [6.07, 6.45) is 1.97. The summed E-state index contributed by atoms with van der Waals surface area (Å²) in [7, 11) is 2.17. The van der Waals surface area contributed by atoms with Gasteiger partial charge in [-0.2, -0.15) is 0 Å². The Morgan fingerprint density at radius 1 is 1.15 bits per heavy atom. The lowest BCUT2D eigenvalue weighted by Gasteiger charge is -2.32. The van der Waals surface area contributed by atoms with Crippen molar-refractivity contribution in [2.24, 2.45) is 0 Å². The van der Waals surface area contributed by atoms with E-state index in [9.17, 15) is 0 Å². The van der Waals surface area contributed by atoms with Crippen molar-refractivity contribution in [2.45, 2.75) is 6.54 Å². The Morgan fingerprint density at radius 3 is 2.65 bits per heavy atom. The number of hydrogen-bond donors (Lipinski definition) is 1. The van der Waals surface area contributed by atoms with E-state index in [1.807, 2.05) is 12.3 Å². The molecule has 20 heavy (non-hydrogen) atoms. The number of likely N-dealkylation sites (N-methyl/N-ethyl adjacent to an activating group) is 1. The summed E-state index contributed by atoms with van der Waals surface area (Å²) in [6, 6.07) is 10.4. The molecule has 1 aliphatic rings. The van der Waals surface area contributed by atoms with Gasteiger partial charge in [0.1, 0.15) is 5.01 Å². The monoisotopic (exact) mass is 288 g/mol. The van der Waals surface area contributed by atoms with Gasteiger partial charge >= 0.3 is 0 Å². The number of piperazine rings is 1. The lowest BCUT2D eigenvalue weighted by Crippen LogP contribution is -2.50. The van der Waals surface area contributed by atoms with Crippen LogP contribution >= 0.6 is 11.3 Å². The van der Waals surface area contributed by atoms with Crippen molar-refractivity contribution in [3.8, 4) is 10.4 Å². The predicted octanol–water partition coefficient (Wildman–Crippen LogP) is 2.06. The number of hydrazine groups is 1. The first kappa shape index (κ1) is 13.7. The van der Waals surface area contributed by atoms with Gasteiger partial charge in [-0.1, -0.05) is 30.3 Å². The van der Waals surface area contributed by atoms with Crippen molar-refractivity contribution in [3.05, 3.63) is 41.5 Å². The average molecular weight is 288 g/mol. The molecule has 5 heteroatoms. The third kappa shape index (κ3) is 3.43. The van der Waals surface area contributed by atoms with E-state index in [0.717, 1.165) is 37.7 Å². The second-order valence-corrected chi connectivity index (χ2v) is 6.22. The van der Waals surface area contributed by atoms with Crippen LogP contribution in [0.2, 0.25) is 0 Å². The van der Waals surface area contributed by atoms with Crippen LogP contribution in [0.3, 0.4) is 0 Å². The standard InChI is InChI=1S/C15H20N4S/c1-18-7-9-19(10-8-18)17-12-15-16-11-14(20-15)13-5-3-2-4-6-13/h2-6,11,17H,7-10,12H2,1H3. The number of thiazole rings is 1. The second kappa shape index (κ2) is 6.45. The zero-order valence-electron chi connectivity index (χ0n) is 11.7. The van der Waals surface area contributed by atoms with Crippen LogP contribution < -0.4 is 5.43 Å². The fraction of sp³-hybridized carbons (Fsp3) is 0.400. The maximum Gasteiger partial charge on any atom is 0.108 e. The zero-order chi connectivity index (χ0) is 13.8. The minimum atomic E-state index is 0.821. The molecule has 2 heterocycles. The van der Waals surface area contributed by atoms with Gasteiger partial charge in [0, 0.05) is 32.4 Å². The molecular formula is C15H20N4S. The quantitative estimate of drug-likeness (QED) is 0.933. The molecule has 3 rings (SSSR count). The summed E-state index contributed by atoms with van der Waals surface area (Å²) in [5.74, 6) is 0. The first-order valence-electron chi connectivity index (χ1n) is 6.98. The fourth-order valence-electron chi connectivity index (χ4n) is 2.27. The van der Waals surface area contributed by atoms with Gasteiger partial charge in [-0.15, -0.1) is 11.3 Å². The van der Waals surface area contributed by atoms with Gasteiger partial charge in [-0.05, 0) is 12.6 Å². The summed E-state index contributed by atoms with van der Waals surface area (Å²) in [5, 5.41) is 3.44. The van der Waals surface area contributed by atoms with Crippen molar-refractivity contribution in [2.75, 3.05) is 33.2 Å². The lowest BCUT2D eigenvalue weighted by atomic mass is 10.2. The molecule has 0 bridgehead atoms. The van der Waals surface area contributed by atoms with Crippen LogP contribution in [0, 0.1) is 0 Å². The molecule has 0 saturated carbocycles. The fourth-order valence-corrected chi connectivity index (χ4v) is 3.13. The molecule has 0 amide bonds. The highest BCUT2D eigenvalue weighted by Crippen LogP contribution is 2.25. The molecule has 0 radical (unpaired) electrons. The molecule has 106 valence electrons. The molecule has 1 saturated heterocycles. The van der Waals surface area contributed by atoms with Gasteiger partial charge < -0.3 is 4.90 Å². The smallest absolute Gasteiger partial charge is 0.108 e. The first-order chi connectivity index (χ1) is 9.81. The number of aromatic nitrogens is 1. The minimum Gasteiger partial charge on any atom is -0.304 e. The van der Waals surface area contributed by atoms with Crippen LogP contribution in [-0.2, 0) is 6.54 Å². The third-order valence-corrected chi connectivity index (χ3v) is 4.62. The molecule has 2 aromatic rings. The van der Waals surface area contributed by atoms with E-state index in [1.54, 1.807) is 11.3 Å². The summed E-state index contributed by atoms with van der Waals surface area (Å²) in [4.78, 5) is 8.10. The van der Waals surface area contributed by atoms with Crippen molar-refractivity contribution in [3.63, 3.8) is 0 Å². The van der Waals surface area contributed by atoms with Crippen LogP contribution in [0.1, 0.15) is 5.01 Å².